The molecule has 0 spiro atoms. The monoisotopic (exact) mass is 471 g/mol. The summed E-state index contributed by atoms with van der Waals surface area (Å²) in [6.07, 6.45) is 3.15. The maximum absolute atomic E-state index is 13.0. The molecule has 2 N–H and O–H groups in total. The van der Waals surface area contributed by atoms with Crippen molar-refractivity contribution in [3.8, 4) is 5.88 Å². The number of anilines is 4. The van der Waals surface area contributed by atoms with Crippen LogP contribution in [-0.4, -0.2) is 53.8 Å². The predicted molar refractivity (Wildman–Crippen MR) is 123 cm³/mol. The molecular weight excluding hydrogens is 453 g/mol. The Kier molecular flexibility index (Phi) is 5.69. The summed E-state index contributed by atoms with van der Waals surface area (Å²) in [4.78, 5) is 29.7. The standard InChI is InChI=1S/C21H19Cl2N7O2/c22-15-2-1-3-16(23)18(15)30-12-32-19-14(20(30)31)11-26-21(28-19)27-13-4-5-17(25-10-13)29-8-6-24-7-9-29/h1-5,10-11,24H,6-9,12H2,(H,26,27,28). The van der Waals surface area contributed by atoms with Gasteiger partial charge in [0, 0.05) is 32.4 Å². The summed E-state index contributed by atoms with van der Waals surface area (Å²) in [5.74, 6) is 1.08. The molecule has 0 aliphatic carbocycles. The molecule has 9 nitrogen and oxygen atoms in total. The highest BCUT2D eigenvalue weighted by Crippen LogP contribution is 2.37. The first-order valence-electron chi connectivity index (χ1n) is 10.0. The third kappa shape index (κ3) is 4.02. The van der Waals surface area contributed by atoms with Gasteiger partial charge in [-0.15, -0.1) is 0 Å². The maximum atomic E-state index is 13.0. The number of nitrogens with one attached hydrogen (secondary N) is 2. The average Bonchev–Trinajstić information content (AvgIpc) is 2.81. The van der Waals surface area contributed by atoms with Crippen molar-refractivity contribution >= 4 is 52.3 Å². The number of hydrogen-bond acceptors (Lipinski definition) is 8. The number of piperazine rings is 1. The lowest BCUT2D eigenvalue weighted by Gasteiger charge is -2.29. The summed E-state index contributed by atoms with van der Waals surface area (Å²) in [5, 5.41) is 7.13. The van der Waals surface area contributed by atoms with E-state index in [0.29, 0.717) is 21.7 Å². The number of benzene rings is 1. The molecule has 4 heterocycles. The van der Waals surface area contributed by atoms with Gasteiger partial charge in [0.2, 0.25) is 11.8 Å². The number of carbonyl (C=O) groups is 1. The van der Waals surface area contributed by atoms with Gasteiger partial charge in [0.15, 0.2) is 6.73 Å². The molecule has 2 aromatic heterocycles. The first-order valence-corrected chi connectivity index (χ1v) is 10.8. The average molecular weight is 472 g/mol. The number of pyridine rings is 1. The highest BCUT2D eigenvalue weighted by atomic mass is 35.5. The Balaban J connectivity index is 1.32. The molecule has 0 saturated carbocycles. The van der Waals surface area contributed by atoms with E-state index in [1.165, 1.54) is 11.1 Å². The topological polar surface area (TPSA) is 95.5 Å². The van der Waals surface area contributed by atoms with Crippen LogP contribution in [0.1, 0.15) is 10.4 Å². The van der Waals surface area contributed by atoms with E-state index in [9.17, 15) is 4.79 Å². The summed E-state index contributed by atoms with van der Waals surface area (Å²) in [6, 6.07) is 8.91. The zero-order valence-corrected chi connectivity index (χ0v) is 18.4. The van der Waals surface area contributed by atoms with Gasteiger partial charge in [-0.1, -0.05) is 29.3 Å². The highest BCUT2D eigenvalue weighted by molar-refractivity contribution is 6.40. The van der Waals surface area contributed by atoms with Crippen LogP contribution < -0.4 is 25.2 Å². The van der Waals surface area contributed by atoms with Gasteiger partial charge in [-0.3, -0.25) is 9.69 Å². The van der Waals surface area contributed by atoms with Crippen molar-refractivity contribution in [2.45, 2.75) is 0 Å². The normalized spacial score (nSPS) is 15.9. The van der Waals surface area contributed by atoms with Crippen molar-refractivity contribution < 1.29 is 9.53 Å². The van der Waals surface area contributed by atoms with Gasteiger partial charge in [0.25, 0.3) is 5.91 Å². The molecule has 1 fully saturated rings. The summed E-state index contributed by atoms with van der Waals surface area (Å²) < 4.78 is 5.72. The van der Waals surface area contributed by atoms with Crippen LogP contribution in [0.5, 0.6) is 5.88 Å². The minimum absolute atomic E-state index is 0.0628. The number of hydrogen-bond donors (Lipinski definition) is 2. The molecule has 1 aromatic carbocycles. The fraction of sp³-hybridized carbons (Fsp3) is 0.238. The third-order valence-corrected chi connectivity index (χ3v) is 5.82. The predicted octanol–water partition coefficient (Wildman–Crippen LogP) is 3.33. The first-order chi connectivity index (χ1) is 15.6. The Hall–Kier alpha value is -3.14. The molecule has 1 amide bonds. The molecule has 2 aliphatic rings. The van der Waals surface area contributed by atoms with Gasteiger partial charge in [-0.25, -0.2) is 9.97 Å². The molecule has 0 radical (unpaired) electrons. The third-order valence-electron chi connectivity index (χ3n) is 5.21. The van der Waals surface area contributed by atoms with E-state index in [4.69, 9.17) is 27.9 Å². The number of para-hydroxylation sites is 1. The minimum Gasteiger partial charge on any atom is -0.455 e. The Morgan fingerprint density at radius 2 is 1.81 bits per heavy atom. The van der Waals surface area contributed by atoms with Crippen molar-refractivity contribution in [2.75, 3.05) is 48.0 Å². The van der Waals surface area contributed by atoms with Crippen molar-refractivity contribution in [3.63, 3.8) is 0 Å². The number of nitrogens with zero attached hydrogens (tertiary/aromatic N) is 5. The smallest absolute Gasteiger partial charge is 0.268 e. The van der Waals surface area contributed by atoms with Gasteiger partial charge >= 0.3 is 0 Å². The molecule has 0 bridgehead atoms. The van der Waals surface area contributed by atoms with E-state index in [1.807, 2.05) is 12.1 Å². The number of halogens is 2. The number of carbonyl (C=O) groups excluding carboxylic acids is 1. The van der Waals surface area contributed by atoms with Gasteiger partial charge in [0.05, 0.1) is 27.6 Å². The van der Waals surface area contributed by atoms with Crippen LogP contribution >= 0.6 is 23.2 Å². The van der Waals surface area contributed by atoms with Crippen LogP contribution in [0, 0.1) is 0 Å². The summed E-state index contributed by atoms with van der Waals surface area (Å²) >= 11 is 12.5. The van der Waals surface area contributed by atoms with Gasteiger partial charge in [-0.2, -0.15) is 4.98 Å². The van der Waals surface area contributed by atoms with Crippen LogP contribution in [0.3, 0.4) is 0 Å². The first kappa shape index (κ1) is 20.7. The molecule has 0 atom stereocenters. The van der Waals surface area contributed by atoms with E-state index < -0.39 is 0 Å². The molecular formula is C21H19Cl2N7O2. The van der Waals surface area contributed by atoms with Crippen LogP contribution in [0.15, 0.2) is 42.7 Å². The van der Waals surface area contributed by atoms with E-state index in [0.717, 1.165) is 37.7 Å². The lowest BCUT2D eigenvalue weighted by molar-refractivity contribution is 0.0932. The van der Waals surface area contributed by atoms with Crippen LogP contribution in [0.4, 0.5) is 23.1 Å². The number of aromatic nitrogens is 3. The molecule has 3 aromatic rings. The van der Waals surface area contributed by atoms with Gasteiger partial charge in [-0.05, 0) is 24.3 Å². The fourth-order valence-electron chi connectivity index (χ4n) is 3.60. The number of rotatable bonds is 4. The maximum Gasteiger partial charge on any atom is 0.268 e. The molecule has 164 valence electrons. The molecule has 5 rings (SSSR count). The van der Waals surface area contributed by atoms with E-state index in [-0.39, 0.29) is 24.1 Å². The Bertz CT molecular complexity index is 1130. The number of amides is 1. The van der Waals surface area contributed by atoms with Gasteiger partial charge in [0.1, 0.15) is 11.4 Å². The van der Waals surface area contributed by atoms with Crippen molar-refractivity contribution in [3.05, 3.63) is 58.3 Å². The van der Waals surface area contributed by atoms with Gasteiger partial charge < -0.3 is 20.3 Å². The Morgan fingerprint density at radius 3 is 2.53 bits per heavy atom. The fourth-order valence-corrected chi connectivity index (χ4v) is 4.20. The highest BCUT2D eigenvalue weighted by Gasteiger charge is 2.31. The second-order valence-electron chi connectivity index (χ2n) is 7.26. The quantitative estimate of drug-likeness (QED) is 0.597. The summed E-state index contributed by atoms with van der Waals surface area (Å²) in [5.41, 5.74) is 1.35. The second-order valence-corrected chi connectivity index (χ2v) is 8.07. The Labute approximate surface area is 194 Å². The van der Waals surface area contributed by atoms with Crippen LogP contribution in [-0.2, 0) is 0 Å². The van der Waals surface area contributed by atoms with Crippen LogP contribution in [0.25, 0.3) is 0 Å². The van der Waals surface area contributed by atoms with Crippen molar-refractivity contribution in [2.24, 2.45) is 0 Å². The van der Waals surface area contributed by atoms with Crippen molar-refractivity contribution in [1.29, 1.82) is 0 Å². The molecule has 0 unspecified atom stereocenters. The minimum atomic E-state index is -0.338. The Morgan fingerprint density at radius 1 is 1.03 bits per heavy atom. The second kappa shape index (κ2) is 8.78. The van der Waals surface area contributed by atoms with E-state index >= 15 is 0 Å². The molecule has 32 heavy (non-hydrogen) atoms. The zero-order valence-electron chi connectivity index (χ0n) is 16.9. The van der Waals surface area contributed by atoms with E-state index in [1.54, 1.807) is 24.4 Å². The largest absolute Gasteiger partial charge is 0.455 e. The molecule has 11 heteroatoms. The van der Waals surface area contributed by atoms with Crippen molar-refractivity contribution in [1.82, 2.24) is 20.3 Å². The van der Waals surface area contributed by atoms with E-state index in [2.05, 4.69) is 30.5 Å². The lowest BCUT2D eigenvalue weighted by atomic mass is 10.2. The zero-order chi connectivity index (χ0) is 22.1. The van der Waals surface area contributed by atoms with Crippen LogP contribution in [0.2, 0.25) is 10.0 Å². The number of ether oxygens (including phenoxy) is 1. The molecule has 2 aliphatic heterocycles. The lowest BCUT2D eigenvalue weighted by Crippen LogP contribution is -2.43. The number of fused-ring (bicyclic) bond motifs is 1. The summed E-state index contributed by atoms with van der Waals surface area (Å²) in [6.45, 7) is 3.69. The summed E-state index contributed by atoms with van der Waals surface area (Å²) in [7, 11) is 0. The SMILES string of the molecule is O=C1c2cnc(Nc3ccc(N4CCNCC4)nc3)nc2OCN1c1c(Cl)cccc1Cl. The molecule has 1 saturated heterocycles.